The highest BCUT2D eigenvalue weighted by atomic mass is 16.6. The van der Waals surface area contributed by atoms with E-state index in [0.29, 0.717) is 6.61 Å². The molecule has 0 saturated carbocycles. The van der Waals surface area contributed by atoms with Gasteiger partial charge in [0.2, 0.25) is 0 Å². The van der Waals surface area contributed by atoms with Gasteiger partial charge in [0.1, 0.15) is 12.7 Å². The predicted molar refractivity (Wildman–Crippen MR) is 252 cm³/mol. The van der Waals surface area contributed by atoms with E-state index in [-0.39, 0.29) is 18.7 Å². The Balaban J connectivity index is 4.12. The Bertz CT molecular complexity index is 766. The zero-order valence-electron chi connectivity index (χ0n) is 39.4. The van der Waals surface area contributed by atoms with Gasteiger partial charge in [-0.15, -0.1) is 0 Å². The number of hydrogen-bond acceptors (Lipinski definition) is 4. The van der Waals surface area contributed by atoms with E-state index in [9.17, 15) is 4.79 Å². The smallest absolute Gasteiger partial charge is 0.330 e. The summed E-state index contributed by atoms with van der Waals surface area (Å²) in [4.78, 5) is 12.5. The van der Waals surface area contributed by atoms with Crippen molar-refractivity contribution >= 4 is 5.97 Å². The van der Waals surface area contributed by atoms with Crippen molar-refractivity contribution in [1.29, 1.82) is 0 Å². The van der Waals surface area contributed by atoms with Gasteiger partial charge in [-0.05, 0) is 25.7 Å². The molecular weight excluding hydrogens is 701 g/mol. The van der Waals surface area contributed by atoms with Crippen LogP contribution in [0.4, 0.5) is 0 Å². The molecule has 0 rings (SSSR count). The summed E-state index contributed by atoms with van der Waals surface area (Å²) in [6.07, 6.45) is 60.1. The average Bonchev–Trinajstić information content (AvgIpc) is 3.22. The Hall–Kier alpha value is -0.870. The van der Waals surface area contributed by atoms with E-state index in [4.69, 9.17) is 14.2 Å². The minimum atomic E-state index is -0.248. The maximum Gasteiger partial charge on any atom is 0.330 e. The van der Waals surface area contributed by atoms with Gasteiger partial charge in [0.25, 0.3) is 0 Å². The third kappa shape index (κ3) is 49.4. The van der Waals surface area contributed by atoms with E-state index in [1.165, 1.54) is 244 Å². The van der Waals surface area contributed by atoms with E-state index < -0.39 is 0 Å². The van der Waals surface area contributed by atoms with Crippen molar-refractivity contribution in [1.82, 2.24) is 0 Å². The molecule has 0 N–H and O–H groups in total. The Labute approximate surface area is 359 Å². The van der Waals surface area contributed by atoms with Gasteiger partial charge in [-0.25, -0.2) is 4.79 Å². The minimum Gasteiger partial charge on any atom is -0.460 e. The van der Waals surface area contributed by atoms with Gasteiger partial charge in [-0.3, -0.25) is 0 Å². The molecule has 0 saturated heterocycles. The van der Waals surface area contributed by atoms with E-state index in [1.54, 1.807) is 6.08 Å². The molecule has 340 valence electrons. The lowest BCUT2D eigenvalue weighted by molar-refractivity contribution is -0.144. The van der Waals surface area contributed by atoms with Crippen LogP contribution in [0.2, 0.25) is 0 Å². The second kappa shape index (κ2) is 51.3. The second-order valence-corrected chi connectivity index (χ2v) is 17.8. The van der Waals surface area contributed by atoms with Crippen LogP contribution in [0.25, 0.3) is 0 Å². The van der Waals surface area contributed by atoms with Crippen molar-refractivity contribution in [3.8, 4) is 0 Å². The summed E-state index contributed by atoms with van der Waals surface area (Å²) in [5.41, 5.74) is 0. The number of carbonyl (C=O) groups excluding carboxylic acids is 1. The molecule has 0 aromatic carbocycles. The number of esters is 1. The molecular formula is C53H104O4. The first-order chi connectivity index (χ1) is 28.2. The van der Waals surface area contributed by atoms with Crippen LogP contribution in [0.1, 0.15) is 290 Å². The highest BCUT2D eigenvalue weighted by Crippen LogP contribution is 2.16. The Morgan fingerprint density at radius 2 is 0.667 bits per heavy atom. The molecule has 57 heavy (non-hydrogen) atoms. The molecule has 0 spiro atoms. The molecule has 0 amide bonds. The van der Waals surface area contributed by atoms with Crippen molar-refractivity contribution in [3.63, 3.8) is 0 Å². The third-order valence-electron chi connectivity index (χ3n) is 11.9. The van der Waals surface area contributed by atoms with Crippen LogP contribution in [0, 0.1) is 0 Å². The first-order valence-electron chi connectivity index (χ1n) is 26.3. The van der Waals surface area contributed by atoms with E-state index in [0.717, 1.165) is 38.9 Å². The number of allylic oxidation sites excluding steroid dienone is 1. The normalized spacial score (nSPS) is 12.3. The molecule has 0 aromatic heterocycles. The lowest BCUT2D eigenvalue weighted by atomic mass is 10.0. The van der Waals surface area contributed by atoms with Crippen LogP contribution in [-0.4, -0.2) is 38.5 Å². The van der Waals surface area contributed by atoms with Gasteiger partial charge in [0, 0.05) is 19.3 Å². The summed E-state index contributed by atoms with van der Waals surface area (Å²) in [6.45, 7) is 9.15. The van der Waals surface area contributed by atoms with E-state index in [1.807, 2.05) is 6.08 Å². The maximum atomic E-state index is 12.5. The van der Waals surface area contributed by atoms with Crippen LogP contribution in [-0.2, 0) is 19.0 Å². The minimum absolute atomic E-state index is 0.183. The summed E-state index contributed by atoms with van der Waals surface area (Å²) in [6, 6.07) is 0. The third-order valence-corrected chi connectivity index (χ3v) is 11.9. The quantitative estimate of drug-likeness (QED) is 0.0349. The number of hydrogen-bond donors (Lipinski definition) is 0. The molecule has 0 aliphatic rings. The SMILES string of the molecule is CCCCCCCCCCCCCCC/C=C/C(=O)OC[C@@H](COCCCCCCCCCCCCCCCC)OCCCCCCCCCCCCCCCC. The zero-order chi connectivity index (χ0) is 41.2. The molecule has 0 bridgehead atoms. The zero-order valence-corrected chi connectivity index (χ0v) is 39.4. The largest absolute Gasteiger partial charge is 0.460 e. The van der Waals surface area contributed by atoms with Crippen LogP contribution < -0.4 is 0 Å². The van der Waals surface area contributed by atoms with Gasteiger partial charge in [0.05, 0.1) is 6.61 Å². The molecule has 4 nitrogen and oxygen atoms in total. The fraction of sp³-hybridized carbons (Fsp3) is 0.943. The second-order valence-electron chi connectivity index (χ2n) is 17.8. The lowest BCUT2D eigenvalue weighted by Crippen LogP contribution is -2.27. The molecule has 4 heteroatoms. The van der Waals surface area contributed by atoms with Crippen molar-refractivity contribution in [2.24, 2.45) is 0 Å². The van der Waals surface area contributed by atoms with Crippen LogP contribution in [0.15, 0.2) is 12.2 Å². The molecule has 0 radical (unpaired) electrons. The summed E-state index contributed by atoms with van der Waals surface area (Å²) >= 11 is 0. The van der Waals surface area contributed by atoms with Crippen molar-refractivity contribution in [3.05, 3.63) is 12.2 Å². The average molecular weight is 805 g/mol. The lowest BCUT2D eigenvalue weighted by Gasteiger charge is -2.18. The van der Waals surface area contributed by atoms with E-state index in [2.05, 4.69) is 20.8 Å². The Morgan fingerprint density at radius 1 is 0.368 bits per heavy atom. The summed E-state index contributed by atoms with van der Waals surface area (Å²) < 4.78 is 17.9. The van der Waals surface area contributed by atoms with Gasteiger partial charge >= 0.3 is 5.97 Å². The standard InChI is InChI=1S/C53H104O4/c1-4-7-10-13-16-19-22-25-28-29-32-35-38-41-44-47-53(54)57-51-52(56-49-46-43-40-37-34-31-27-24-21-18-15-12-9-6-3)50-55-48-45-42-39-36-33-30-26-23-20-17-14-11-8-5-2/h44,47,52H,4-43,45-46,48-51H2,1-3H3/b47-44+/t52-/m1/s1. The highest BCUT2D eigenvalue weighted by Gasteiger charge is 2.12. The number of rotatable bonds is 50. The fourth-order valence-corrected chi connectivity index (χ4v) is 7.99. The van der Waals surface area contributed by atoms with Gasteiger partial charge in [-0.1, -0.05) is 271 Å². The Morgan fingerprint density at radius 3 is 1.02 bits per heavy atom. The van der Waals surface area contributed by atoms with Crippen molar-refractivity contribution in [2.75, 3.05) is 26.4 Å². The van der Waals surface area contributed by atoms with E-state index >= 15 is 0 Å². The van der Waals surface area contributed by atoms with Gasteiger partial charge in [0.15, 0.2) is 0 Å². The maximum absolute atomic E-state index is 12.5. The number of carbonyl (C=O) groups is 1. The first-order valence-corrected chi connectivity index (χ1v) is 26.3. The molecule has 0 unspecified atom stereocenters. The van der Waals surface area contributed by atoms with Crippen molar-refractivity contribution in [2.45, 2.75) is 297 Å². The number of ether oxygens (including phenoxy) is 3. The molecule has 0 aromatic rings. The topological polar surface area (TPSA) is 44.8 Å². The van der Waals surface area contributed by atoms with Crippen LogP contribution in [0.5, 0.6) is 0 Å². The molecule has 0 fully saturated rings. The van der Waals surface area contributed by atoms with Crippen LogP contribution in [0.3, 0.4) is 0 Å². The number of unbranched alkanes of at least 4 members (excludes halogenated alkanes) is 39. The molecule has 0 aliphatic carbocycles. The van der Waals surface area contributed by atoms with Gasteiger partial charge in [-0.2, -0.15) is 0 Å². The van der Waals surface area contributed by atoms with Gasteiger partial charge < -0.3 is 14.2 Å². The molecule has 1 atom stereocenters. The first kappa shape index (κ1) is 56.1. The highest BCUT2D eigenvalue weighted by molar-refractivity contribution is 5.81. The van der Waals surface area contributed by atoms with Crippen molar-refractivity contribution < 1.29 is 19.0 Å². The Kier molecular flexibility index (Phi) is 50.5. The predicted octanol–water partition coefficient (Wildman–Crippen LogP) is 17.9. The summed E-state index contributed by atoms with van der Waals surface area (Å²) in [5, 5.41) is 0. The monoisotopic (exact) mass is 805 g/mol. The summed E-state index contributed by atoms with van der Waals surface area (Å²) in [5.74, 6) is -0.248. The molecule has 0 aliphatic heterocycles. The summed E-state index contributed by atoms with van der Waals surface area (Å²) in [7, 11) is 0. The fourth-order valence-electron chi connectivity index (χ4n) is 7.99. The molecule has 0 heterocycles. The van der Waals surface area contributed by atoms with Crippen LogP contribution >= 0.6 is 0 Å².